The Kier molecular flexibility index (Phi) is 9.19. The number of rotatable bonds is 10. The highest BCUT2D eigenvalue weighted by molar-refractivity contribution is 5.74. The third kappa shape index (κ3) is 8.24. The zero-order valence-corrected chi connectivity index (χ0v) is 16.7. The minimum Gasteiger partial charge on any atom is -0.480 e. The summed E-state index contributed by atoms with van der Waals surface area (Å²) in [5.74, 6) is -0.678. The number of nitrogens with zero attached hydrogens (tertiary/aromatic N) is 2. The van der Waals surface area contributed by atoms with Crippen LogP contribution >= 0.6 is 0 Å². The Morgan fingerprint density at radius 1 is 1.39 bits per heavy atom. The van der Waals surface area contributed by atoms with Crippen molar-refractivity contribution < 1.29 is 24.2 Å². The molecule has 0 aliphatic carbocycles. The molecule has 156 valence electrons. The van der Waals surface area contributed by atoms with E-state index in [1.54, 1.807) is 16.8 Å². The third-order valence-electron chi connectivity index (χ3n) is 4.46. The number of amides is 2. The van der Waals surface area contributed by atoms with Gasteiger partial charge in [-0.15, -0.1) is 0 Å². The molecular formula is C20H31N3O5. The molecule has 0 saturated carbocycles. The van der Waals surface area contributed by atoms with E-state index in [0.717, 1.165) is 5.56 Å². The average Bonchev–Trinajstić information content (AvgIpc) is 2.66. The molecule has 2 rings (SSSR count). The zero-order valence-electron chi connectivity index (χ0n) is 16.7. The van der Waals surface area contributed by atoms with Gasteiger partial charge in [0.05, 0.1) is 32.5 Å². The monoisotopic (exact) mass is 393 g/mol. The van der Waals surface area contributed by atoms with Crippen molar-refractivity contribution in [1.29, 1.82) is 0 Å². The van der Waals surface area contributed by atoms with Crippen molar-refractivity contribution in [2.24, 2.45) is 5.92 Å². The normalized spacial score (nSPS) is 18.1. The van der Waals surface area contributed by atoms with Crippen LogP contribution in [0.3, 0.4) is 0 Å². The first kappa shape index (κ1) is 22.1. The summed E-state index contributed by atoms with van der Waals surface area (Å²) in [7, 11) is 1.73. The largest absolute Gasteiger partial charge is 0.480 e. The van der Waals surface area contributed by atoms with E-state index in [4.69, 9.17) is 14.6 Å². The Morgan fingerprint density at radius 3 is 2.86 bits per heavy atom. The molecule has 1 aromatic carbocycles. The van der Waals surface area contributed by atoms with Gasteiger partial charge in [0.2, 0.25) is 0 Å². The molecule has 0 bridgehead atoms. The minimum atomic E-state index is -0.878. The van der Waals surface area contributed by atoms with Gasteiger partial charge in [0, 0.05) is 26.2 Å². The number of morpholine rings is 1. The number of nitrogens with one attached hydrogen (secondary N) is 1. The molecule has 0 radical (unpaired) electrons. The highest BCUT2D eigenvalue weighted by atomic mass is 16.5. The van der Waals surface area contributed by atoms with Gasteiger partial charge < -0.3 is 24.8 Å². The quantitative estimate of drug-likeness (QED) is 0.622. The number of carbonyl (C=O) groups is 2. The van der Waals surface area contributed by atoms with Crippen molar-refractivity contribution in [3.05, 3.63) is 35.9 Å². The Bertz CT molecular complexity index is 613. The van der Waals surface area contributed by atoms with Gasteiger partial charge in [-0.05, 0) is 18.5 Å². The molecule has 1 aliphatic heterocycles. The van der Waals surface area contributed by atoms with Gasteiger partial charge in [-0.1, -0.05) is 37.3 Å². The fourth-order valence-electron chi connectivity index (χ4n) is 3.04. The van der Waals surface area contributed by atoms with E-state index in [1.807, 2.05) is 37.3 Å². The maximum Gasteiger partial charge on any atom is 0.317 e. The maximum absolute atomic E-state index is 12.4. The van der Waals surface area contributed by atoms with Gasteiger partial charge in [-0.3, -0.25) is 9.69 Å². The van der Waals surface area contributed by atoms with E-state index in [2.05, 4.69) is 5.32 Å². The van der Waals surface area contributed by atoms with Crippen LogP contribution in [0.2, 0.25) is 0 Å². The molecule has 1 aromatic rings. The number of benzene rings is 1. The summed E-state index contributed by atoms with van der Waals surface area (Å²) in [6.45, 7) is 5.57. The van der Waals surface area contributed by atoms with Crippen molar-refractivity contribution in [2.45, 2.75) is 19.6 Å². The highest BCUT2D eigenvalue weighted by Gasteiger charge is 2.25. The van der Waals surface area contributed by atoms with Gasteiger partial charge in [-0.2, -0.15) is 0 Å². The molecular weight excluding hydrogens is 362 g/mol. The molecule has 1 fully saturated rings. The van der Waals surface area contributed by atoms with Crippen LogP contribution in [0.4, 0.5) is 4.79 Å². The van der Waals surface area contributed by atoms with Crippen LogP contribution in [0.5, 0.6) is 0 Å². The number of carbonyl (C=O) groups excluding carboxylic acids is 1. The van der Waals surface area contributed by atoms with E-state index in [1.165, 1.54) is 0 Å². The summed E-state index contributed by atoms with van der Waals surface area (Å²) >= 11 is 0. The lowest BCUT2D eigenvalue weighted by Gasteiger charge is -2.34. The second-order valence-corrected chi connectivity index (χ2v) is 7.32. The average molecular weight is 393 g/mol. The van der Waals surface area contributed by atoms with Gasteiger partial charge in [0.1, 0.15) is 0 Å². The van der Waals surface area contributed by atoms with Gasteiger partial charge in [-0.25, -0.2) is 4.79 Å². The lowest BCUT2D eigenvalue weighted by molar-refractivity contribution is -0.138. The fourth-order valence-corrected chi connectivity index (χ4v) is 3.04. The molecule has 2 amide bonds. The number of carboxylic acid groups (broad SMARTS) is 1. The standard InChI is InChI=1S/C20H31N3O5/c1-16(14-27-15-17-6-4-3-5-7-17)10-21-20(26)23-8-9-28-18(12-23)11-22(2)13-19(24)25/h3-7,16,18H,8-15H2,1-2H3,(H,21,26)(H,24,25). The first-order chi connectivity index (χ1) is 13.4. The lowest BCUT2D eigenvalue weighted by Crippen LogP contribution is -2.52. The lowest BCUT2D eigenvalue weighted by atomic mass is 10.2. The van der Waals surface area contributed by atoms with Crippen molar-refractivity contribution in [1.82, 2.24) is 15.1 Å². The number of urea groups is 1. The number of ether oxygens (including phenoxy) is 2. The molecule has 2 unspecified atom stereocenters. The molecule has 8 heteroatoms. The summed E-state index contributed by atoms with van der Waals surface area (Å²) in [5.41, 5.74) is 1.13. The van der Waals surface area contributed by atoms with Crippen LogP contribution in [-0.2, 0) is 20.9 Å². The smallest absolute Gasteiger partial charge is 0.317 e. The molecule has 0 aromatic heterocycles. The predicted octanol–water partition coefficient (Wildman–Crippen LogP) is 1.27. The highest BCUT2D eigenvalue weighted by Crippen LogP contribution is 2.08. The molecule has 1 heterocycles. The molecule has 8 nitrogen and oxygen atoms in total. The Morgan fingerprint density at radius 2 is 2.14 bits per heavy atom. The molecule has 0 spiro atoms. The van der Waals surface area contributed by atoms with Gasteiger partial charge >= 0.3 is 12.0 Å². The number of aliphatic carboxylic acids is 1. The number of carboxylic acids is 1. The van der Waals surface area contributed by atoms with Crippen LogP contribution in [0.15, 0.2) is 30.3 Å². The summed E-state index contributed by atoms with van der Waals surface area (Å²) < 4.78 is 11.4. The van der Waals surface area contributed by atoms with Gasteiger partial charge in [0.25, 0.3) is 0 Å². The van der Waals surface area contributed by atoms with Crippen molar-refractivity contribution in [2.75, 3.05) is 53.0 Å². The Hall–Kier alpha value is -2.16. The van der Waals surface area contributed by atoms with E-state index in [-0.39, 0.29) is 24.6 Å². The van der Waals surface area contributed by atoms with Crippen LogP contribution in [0.1, 0.15) is 12.5 Å². The molecule has 1 saturated heterocycles. The van der Waals surface area contributed by atoms with Crippen molar-refractivity contribution in [3.8, 4) is 0 Å². The molecule has 2 N–H and O–H groups in total. The topological polar surface area (TPSA) is 91.3 Å². The van der Waals surface area contributed by atoms with Crippen molar-refractivity contribution >= 4 is 12.0 Å². The fraction of sp³-hybridized carbons (Fsp3) is 0.600. The van der Waals surface area contributed by atoms with Crippen LogP contribution in [0, 0.1) is 5.92 Å². The predicted molar refractivity (Wildman–Crippen MR) is 105 cm³/mol. The van der Waals surface area contributed by atoms with Crippen LogP contribution < -0.4 is 5.32 Å². The molecule has 1 aliphatic rings. The first-order valence-electron chi connectivity index (χ1n) is 9.60. The SMILES string of the molecule is CC(CNC(=O)N1CCOC(CN(C)CC(=O)O)C1)COCc1ccccc1. The third-order valence-corrected chi connectivity index (χ3v) is 4.46. The van der Waals surface area contributed by atoms with Crippen molar-refractivity contribution in [3.63, 3.8) is 0 Å². The van der Waals surface area contributed by atoms with E-state index >= 15 is 0 Å². The maximum atomic E-state index is 12.4. The summed E-state index contributed by atoms with van der Waals surface area (Å²) in [6.07, 6.45) is -0.185. The van der Waals surface area contributed by atoms with E-state index < -0.39 is 5.97 Å². The number of hydrogen-bond donors (Lipinski definition) is 2. The molecule has 2 atom stereocenters. The first-order valence-corrected chi connectivity index (χ1v) is 9.60. The Balaban J connectivity index is 1.65. The van der Waals surface area contributed by atoms with Crippen LogP contribution in [-0.4, -0.2) is 86.0 Å². The molecule has 28 heavy (non-hydrogen) atoms. The van der Waals surface area contributed by atoms with E-state index in [0.29, 0.717) is 46.0 Å². The minimum absolute atomic E-state index is 0.0491. The second kappa shape index (κ2) is 11.6. The number of likely N-dealkylation sites (N-methyl/N-ethyl adjacent to an activating group) is 1. The number of hydrogen-bond acceptors (Lipinski definition) is 5. The van der Waals surface area contributed by atoms with Gasteiger partial charge in [0.15, 0.2) is 0 Å². The summed E-state index contributed by atoms with van der Waals surface area (Å²) in [6, 6.07) is 9.87. The van der Waals surface area contributed by atoms with Crippen LogP contribution in [0.25, 0.3) is 0 Å². The zero-order chi connectivity index (χ0) is 20.4. The summed E-state index contributed by atoms with van der Waals surface area (Å²) in [4.78, 5) is 26.6. The second-order valence-electron chi connectivity index (χ2n) is 7.32. The van der Waals surface area contributed by atoms with E-state index in [9.17, 15) is 9.59 Å². The Labute approximate surface area is 166 Å². The summed E-state index contributed by atoms with van der Waals surface area (Å²) in [5, 5.41) is 11.8.